The fourth-order valence-electron chi connectivity index (χ4n) is 1.96. The number of nitrogens with zero attached hydrogens (tertiary/aromatic N) is 2. The molecule has 1 aliphatic carbocycles. The van der Waals surface area contributed by atoms with Gasteiger partial charge in [0.1, 0.15) is 6.10 Å². The summed E-state index contributed by atoms with van der Waals surface area (Å²) in [6.45, 7) is 5.37. The molecule has 2 rings (SSSR count). The predicted octanol–water partition coefficient (Wildman–Crippen LogP) is 1.69. The summed E-state index contributed by atoms with van der Waals surface area (Å²) in [6.07, 6.45) is 3.16. The lowest BCUT2D eigenvalue weighted by molar-refractivity contribution is 0.0594. The Labute approximate surface area is 108 Å². The molecule has 1 heterocycles. The van der Waals surface area contributed by atoms with Crippen LogP contribution in [0.2, 0.25) is 0 Å². The summed E-state index contributed by atoms with van der Waals surface area (Å²) < 4.78 is 11.2. The minimum Gasteiger partial charge on any atom is -0.478 e. The number of ether oxygens (including phenoxy) is 2. The predicted molar refractivity (Wildman–Crippen MR) is 68.7 cm³/mol. The maximum Gasteiger partial charge on any atom is 0.320 e. The molecule has 0 radical (unpaired) electrons. The Bertz CT molecular complexity index is 392. The first-order valence-corrected chi connectivity index (χ1v) is 6.56. The maximum absolute atomic E-state index is 5.73. The van der Waals surface area contributed by atoms with E-state index in [0.29, 0.717) is 24.4 Å². The largest absolute Gasteiger partial charge is 0.478 e. The minimum absolute atomic E-state index is 0.208. The Morgan fingerprint density at radius 1 is 1.39 bits per heavy atom. The molecule has 0 saturated heterocycles. The molecule has 18 heavy (non-hydrogen) atoms. The van der Waals surface area contributed by atoms with Gasteiger partial charge in [-0.1, -0.05) is 6.92 Å². The summed E-state index contributed by atoms with van der Waals surface area (Å²) in [6, 6.07) is 2.24. The van der Waals surface area contributed by atoms with Crippen molar-refractivity contribution in [2.75, 3.05) is 13.2 Å². The summed E-state index contributed by atoms with van der Waals surface area (Å²) in [5, 5.41) is 0. The number of nitrogens with two attached hydrogens (primary N) is 1. The second kappa shape index (κ2) is 6.00. The Balaban J connectivity index is 1.93. The number of hydrogen-bond acceptors (Lipinski definition) is 5. The second-order valence-electron chi connectivity index (χ2n) is 4.79. The van der Waals surface area contributed by atoms with Crippen LogP contribution >= 0.6 is 0 Å². The van der Waals surface area contributed by atoms with E-state index < -0.39 is 0 Å². The fourth-order valence-corrected chi connectivity index (χ4v) is 1.96. The van der Waals surface area contributed by atoms with Crippen molar-refractivity contribution < 1.29 is 9.47 Å². The van der Waals surface area contributed by atoms with Crippen molar-refractivity contribution in [2.24, 2.45) is 11.7 Å². The van der Waals surface area contributed by atoms with Crippen molar-refractivity contribution in [2.45, 2.75) is 39.2 Å². The van der Waals surface area contributed by atoms with Gasteiger partial charge in [0.25, 0.3) is 0 Å². The molecule has 0 aliphatic heterocycles. The van der Waals surface area contributed by atoms with Crippen molar-refractivity contribution in [1.82, 2.24) is 9.97 Å². The molecular weight excluding hydrogens is 230 g/mol. The molecule has 0 atom stereocenters. The molecular formula is C13H21N3O2. The molecule has 1 fully saturated rings. The van der Waals surface area contributed by atoms with E-state index in [1.54, 1.807) is 0 Å². The quantitative estimate of drug-likeness (QED) is 0.833. The third-order valence-electron chi connectivity index (χ3n) is 3.06. The highest BCUT2D eigenvalue weighted by atomic mass is 16.5. The second-order valence-corrected chi connectivity index (χ2v) is 4.79. The monoisotopic (exact) mass is 251 g/mol. The van der Waals surface area contributed by atoms with Gasteiger partial charge in [0.05, 0.1) is 6.61 Å². The summed E-state index contributed by atoms with van der Waals surface area (Å²) >= 11 is 0. The number of rotatable bonds is 6. The molecule has 0 unspecified atom stereocenters. The van der Waals surface area contributed by atoms with Crippen LogP contribution in [0.1, 0.15) is 31.9 Å². The molecule has 2 N–H and O–H groups in total. The highest BCUT2D eigenvalue weighted by Gasteiger charge is 2.30. The van der Waals surface area contributed by atoms with Crippen molar-refractivity contribution >= 4 is 0 Å². The highest BCUT2D eigenvalue weighted by Crippen LogP contribution is 2.29. The molecule has 1 aromatic heterocycles. The van der Waals surface area contributed by atoms with Gasteiger partial charge in [-0.15, -0.1) is 0 Å². The van der Waals surface area contributed by atoms with Crippen molar-refractivity contribution in [3.8, 4) is 11.9 Å². The molecule has 0 spiro atoms. The Kier molecular flexibility index (Phi) is 4.36. The van der Waals surface area contributed by atoms with Gasteiger partial charge in [0.2, 0.25) is 5.88 Å². The lowest BCUT2D eigenvalue weighted by Crippen LogP contribution is -2.38. The van der Waals surface area contributed by atoms with Crippen LogP contribution in [0.5, 0.6) is 11.9 Å². The van der Waals surface area contributed by atoms with Crippen molar-refractivity contribution in [1.29, 1.82) is 0 Å². The Morgan fingerprint density at radius 2 is 2.17 bits per heavy atom. The van der Waals surface area contributed by atoms with E-state index in [2.05, 4.69) is 16.9 Å². The zero-order chi connectivity index (χ0) is 13.0. The van der Waals surface area contributed by atoms with Crippen LogP contribution in [-0.2, 0) is 0 Å². The van der Waals surface area contributed by atoms with Crippen LogP contribution in [0, 0.1) is 12.8 Å². The summed E-state index contributed by atoms with van der Waals surface area (Å²) in [4.78, 5) is 8.53. The smallest absolute Gasteiger partial charge is 0.320 e. The zero-order valence-electron chi connectivity index (χ0n) is 11.1. The maximum atomic E-state index is 5.73. The minimum atomic E-state index is 0.208. The third-order valence-corrected chi connectivity index (χ3v) is 3.06. The Hall–Kier alpha value is -1.36. The average Bonchev–Trinajstić information content (AvgIpc) is 2.30. The molecule has 0 bridgehead atoms. The van der Waals surface area contributed by atoms with Crippen LogP contribution < -0.4 is 15.2 Å². The van der Waals surface area contributed by atoms with Crippen LogP contribution in [-0.4, -0.2) is 29.2 Å². The summed E-state index contributed by atoms with van der Waals surface area (Å²) in [5.41, 5.74) is 6.45. The first-order chi connectivity index (χ1) is 8.71. The summed E-state index contributed by atoms with van der Waals surface area (Å²) in [7, 11) is 0. The van der Waals surface area contributed by atoms with Crippen LogP contribution in [0.25, 0.3) is 0 Å². The van der Waals surface area contributed by atoms with Crippen LogP contribution in [0.4, 0.5) is 0 Å². The molecule has 1 saturated carbocycles. The molecule has 5 heteroatoms. The van der Waals surface area contributed by atoms with Gasteiger partial charge in [-0.25, -0.2) is 4.98 Å². The molecule has 0 amide bonds. The molecule has 1 aliphatic rings. The van der Waals surface area contributed by atoms with E-state index in [9.17, 15) is 0 Å². The van der Waals surface area contributed by atoms with E-state index in [0.717, 1.165) is 31.5 Å². The van der Waals surface area contributed by atoms with E-state index in [-0.39, 0.29) is 6.10 Å². The van der Waals surface area contributed by atoms with Crippen LogP contribution in [0.3, 0.4) is 0 Å². The van der Waals surface area contributed by atoms with Gasteiger partial charge in [0.15, 0.2) is 0 Å². The van der Waals surface area contributed by atoms with Crippen molar-refractivity contribution in [3.63, 3.8) is 0 Å². The average molecular weight is 251 g/mol. The lowest BCUT2D eigenvalue weighted by Gasteiger charge is -2.33. The van der Waals surface area contributed by atoms with Crippen molar-refractivity contribution in [3.05, 3.63) is 11.8 Å². The van der Waals surface area contributed by atoms with E-state index in [1.807, 2.05) is 13.0 Å². The van der Waals surface area contributed by atoms with E-state index >= 15 is 0 Å². The van der Waals surface area contributed by atoms with Gasteiger partial charge in [-0.3, -0.25) is 0 Å². The highest BCUT2D eigenvalue weighted by molar-refractivity contribution is 5.17. The van der Waals surface area contributed by atoms with E-state index in [4.69, 9.17) is 15.2 Å². The zero-order valence-corrected chi connectivity index (χ0v) is 11.1. The lowest BCUT2D eigenvalue weighted by atomic mass is 9.82. The normalized spacial score (nSPS) is 22.4. The fraction of sp³-hybridized carbons (Fsp3) is 0.692. The van der Waals surface area contributed by atoms with Crippen LogP contribution in [0.15, 0.2) is 6.07 Å². The topological polar surface area (TPSA) is 70.3 Å². The van der Waals surface area contributed by atoms with Gasteiger partial charge in [-0.05, 0) is 38.6 Å². The summed E-state index contributed by atoms with van der Waals surface area (Å²) in [5.74, 6) is 1.18. The SMILES string of the molecule is CCCOc1cc(C)nc(OC2CC(CN)C2)n1. The van der Waals surface area contributed by atoms with Gasteiger partial charge in [0, 0.05) is 11.8 Å². The first-order valence-electron chi connectivity index (χ1n) is 6.56. The van der Waals surface area contributed by atoms with E-state index in [1.165, 1.54) is 0 Å². The number of aryl methyl sites for hydroxylation is 1. The Morgan fingerprint density at radius 3 is 2.83 bits per heavy atom. The van der Waals surface area contributed by atoms with Gasteiger partial charge >= 0.3 is 6.01 Å². The van der Waals surface area contributed by atoms with Gasteiger partial charge in [-0.2, -0.15) is 4.98 Å². The van der Waals surface area contributed by atoms with Gasteiger partial charge < -0.3 is 15.2 Å². The first kappa shape index (κ1) is 13.1. The molecule has 1 aromatic rings. The molecule has 100 valence electrons. The molecule has 0 aromatic carbocycles. The standard InChI is InChI=1S/C13H21N3O2/c1-3-4-17-12-5-9(2)15-13(16-12)18-11-6-10(7-11)8-14/h5,10-11H,3-4,6-8,14H2,1-2H3. The number of hydrogen-bond donors (Lipinski definition) is 1. The third kappa shape index (κ3) is 3.32. The molecule has 5 nitrogen and oxygen atoms in total. The number of aromatic nitrogens is 2.